The van der Waals surface area contributed by atoms with Crippen LogP contribution in [0.4, 0.5) is 5.69 Å². The number of halogens is 1. The van der Waals surface area contributed by atoms with Gasteiger partial charge in [-0.2, -0.15) is 0 Å². The molecule has 0 fully saturated rings. The van der Waals surface area contributed by atoms with Gasteiger partial charge in [0.1, 0.15) is 11.9 Å². The molecule has 24 heavy (non-hydrogen) atoms. The van der Waals surface area contributed by atoms with Crippen LogP contribution >= 0.6 is 11.6 Å². The molecule has 0 amide bonds. The summed E-state index contributed by atoms with van der Waals surface area (Å²) in [6.07, 6.45) is 3.62. The summed E-state index contributed by atoms with van der Waals surface area (Å²) in [6.45, 7) is 2.09. The van der Waals surface area contributed by atoms with Gasteiger partial charge in [-0.05, 0) is 37.3 Å². The smallest absolute Gasteiger partial charge is 0.133 e. The summed E-state index contributed by atoms with van der Waals surface area (Å²) in [7, 11) is 0. The Balaban J connectivity index is 1.83. The molecule has 0 bridgehead atoms. The molecule has 3 N–H and O–H groups in total. The average molecular weight is 337 g/mol. The first kappa shape index (κ1) is 14.8. The van der Waals surface area contributed by atoms with Crippen LogP contribution in [0.3, 0.4) is 0 Å². The number of hydrogen-bond acceptors (Lipinski definition) is 2. The molecule has 0 aliphatic carbocycles. The number of para-hydroxylation sites is 1. The van der Waals surface area contributed by atoms with Crippen LogP contribution in [0.1, 0.15) is 23.1 Å². The van der Waals surface area contributed by atoms with Gasteiger partial charge in [0.2, 0.25) is 0 Å². The van der Waals surface area contributed by atoms with Crippen molar-refractivity contribution >= 4 is 28.2 Å². The average Bonchev–Trinajstić information content (AvgIpc) is 3.22. The van der Waals surface area contributed by atoms with E-state index in [0.717, 1.165) is 27.7 Å². The molecule has 0 saturated heterocycles. The Bertz CT molecular complexity index is 955. The van der Waals surface area contributed by atoms with Crippen LogP contribution in [0.25, 0.3) is 10.9 Å². The summed E-state index contributed by atoms with van der Waals surface area (Å²) in [5.41, 5.74) is 4.43. The first-order valence-electron chi connectivity index (χ1n) is 7.81. The van der Waals surface area contributed by atoms with Gasteiger partial charge in [0, 0.05) is 45.3 Å². The highest BCUT2D eigenvalue weighted by Gasteiger charge is 2.22. The van der Waals surface area contributed by atoms with Gasteiger partial charge in [0.15, 0.2) is 0 Å². The molecule has 4 rings (SSSR count). The molecule has 120 valence electrons. The van der Waals surface area contributed by atoms with Crippen molar-refractivity contribution in [2.75, 3.05) is 5.32 Å². The second-order valence-electron chi connectivity index (χ2n) is 5.77. The van der Waals surface area contributed by atoms with E-state index in [4.69, 9.17) is 11.6 Å². The molecule has 1 unspecified atom stereocenters. The molecular weight excluding hydrogens is 320 g/mol. The number of benzene rings is 2. The van der Waals surface area contributed by atoms with Gasteiger partial charge in [-0.1, -0.05) is 29.8 Å². The Morgan fingerprint density at radius 1 is 1.08 bits per heavy atom. The van der Waals surface area contributed by atoms with Crippen molar-refractivity contribution in [2.45, 2.75) is 13.0 Å². The van der Waals surface area contributed by atoms with Crippen molar-refractivity contribution in [2.24, 2.45) is 0 Å². The molecule has 0 aliphatic heterocycles. The fourth-order valence-corrected chi connectivity index (χ4v) is 3.22. The van der Waals surface area contributed by atoms with Crippen LogP contribution < -0.4 is 5.32 Å². The lowest BCUT2D eigenvalue weighted by molar-refractivity contribution is 0.853. The van der Waals surface area contributed by atoms with Crippen LogP contribution in [0.5, 0.6) is 0 Å². The van der Waals surface area contributed by atoms with E-state index in [1.54, 1.807) is 6.20 Å². The highest BCUT2D eigenvalue weighted by atomic mass is 35.5. The van der Waals surface area contributed by atoms with Crippen LogP contribution in [-0.4, -0.2) is 15.0 Å². The van der Waals surface area contributed by atoms with E-state index in [1.165, 1.54) is 10.9 Å². The summed E-state index contributed by atoms with van der Waals surface area (Å²) in [5.74, 6) is 0.873. The van der Waals surface area contributed by atoms with Gasteiger partial charge in [-0.3, -0.25) is 0 Å². The molecule has 0 saturated carbocycles. The highest BCUT2D eigenvalue weighted by molar-refractivity contribution is 6.30. The van der Waals surface area contributed by atoms with Gasteiger partial charge < -0.3 is 15.3 Å². The first-order valence-corrected chi connectivity index (χ1v) is 8.19. The lowest BCUT2D eigenvalue weighted by atomic mass is 10.0. The number of H-pyrrole nitrogens is 2. The quantitative estimate of drug-likeness (QED) is 0.488. The van der Waals surface area contributed by atoms with Crippen molar-refractivity contribution < 1.29 is 0 Å². The Kier molecular flexibility index (Phi) is 3.75. The predicted molar refractivity (Wildman–Crippen MR) is 98.5 cm³/mol. The topological polar surface area (TPSA) is 56.5 Å². The van der Waals surface area contributed by atoms with Gasteiger partial charge in [-0.15, -0.1) is 0 Å². The maximum Gasteiger partial charge on any atom is 0.133 e. The van der Waals surface area contributed by atoms with Crippen molar-refractivity contribution in [3.05, 3.63) is 83.0 Å². The zero-order valence-corrected chi connectivity index (χ0v) is 13.9. The van der Waals surface area contributed by atoms with E-state index >= 15 is 0 Å². The maximum absolute atomic E-state index is 6.00. The Morgan fingerprint density at radius 2 is 1.88 bits per heavy atom. The number of fused-ring (bicyclic) bond motifs is 1. The van der Waals surface area contributed by atoms with E-state index in [-0.39, 0.29) is 6.04 Å². The minimum Gasteiger partial charge on any atom is -0.371 e. The van der Waals surface area contributed by atoms with Crippen molar-refractivity contribution in [3.63, 3.8) is 0 Å². The second-order valence-corrected chi connectivity index (χ2v) is 6.20. The summed E-state index contributed by atoms with van der Waals surface area (Å²) >= 11 is 6.00. The number of aromatic nitrogens is 3. The summed E-state index contributed by atoms with van der Waals surface area (Å²) in [6, 6.07) is 15.9. The van der Waals surface area contributed by atoms with Gasteiger partial charge in [0.25, 0.3) is 0 Å². The first-order chi connectivity index (χ1) is 11.7. The predicted octanol–water partition coefficient (Wildman–Crippen LogP) is 5.05. The third-order valence-corrected chi connectivity index (χ3v) is 4.43. The zero-order chi connectivity index (χ0) is 16.5. The molecule has 2 aromatic heterocycles. The van der Waals surface area contributed by atoms with E-state index < -0.39 is 0 Å². The molecule has 0 aliphatic rings. The molecule has 5 heteroatoms. The molecular formula is C19H17ClN4. The second kappa shape index (κ2) is 6.06. The fraction of sp³-hybridized carbons (Fsp3) is 0.105. The lowest BCUT2D eigenvalue weighted by Crippen LogP contribution is -2.14. The Morgan fingerprint density at radius 3 is 2.62 bits per heavy atom. The van der Waals surface area contributed by atoms with Crippen LogP contribution in [0.15, 0.2) is 60.9 Å². The van der Waals surface area contributed by atoms with E-state index in [0.29, 0.717) is 0 Å². The minimum absolute atomic E-state index is 0.0858. The zero-order valence-electron chi connectivity index (χ0n) is 13.2. The third kappa shape index (κ3) is 2.65. The Hall–Kier alpha value is -2.72. The summed E-state index contributed by atoms with van der Waals surface area (Å²) < 4.78 is 0. The maximum atomic E-state index is 6.00. The van der Waals surface area contributed by atoms with E-state index in [9.17, 15) is 0 Å². The molecule has 0 radical (unpaired) electrons. The van der Waals surface area contributed by atoms with Crippen LogP contribution in [0.2, 0.25) is 5.02 Å². The fourth-order valence-electron chi connectivity index (χ4n) is 3.10. The molecule has 4 nitrogen and oxygen atoms in total. The number of nitrogens with one attached hydrogen (secondary N) is 3. The van der Waals surface area contributed by atoms with Gasteiger partial charge in [-0.25, -0.2) is 4.98 Å². The summed E-state index contributed by atoms with van der Waals surface area (Å²) in [4.78, 5) is 11.2. The van der Waals surface area contributed by atoms with Crippen molar-refractivity contribution in [1.82, 2.24) is 15.0 Å². The largest absolute Gasteiger partial charge is 0.371 e. The number of aryl methyl sites for hydroxylation is 1. The Labute approximate surface area is 144 Å². The monoisotopic (exact) mass is 336 g/mol. The normalized spacial score (nSPS) is 12.4. The number of rotatable bonds is 4. The number of imidazole rings is 1. The van der Waals surface area contributed by atoms with Crippen molar-refractivity contribution in [1.29, 1.82) is 0 Å². The third-order valence-electron chi connectivity index (χ3n) is 4.18. The standard InChI is InChI=1S/C19H17ClN4/c1-12-17(15-4-2-3-5-16(15)23-12)18(19-21-10-11-22-19)24-14-8-6-13(20)7-9-14/h2-11,18,23-24H,1H3,(H,21,22). The highest BCUT2D eigenvalue weighted by Crippen LogP contribution is 2.33. The van der Waals surface area contributed by atoms with Gasteiger partial charge in [0.05, 0.1) is 0 Å². The van der Waals surface area contributed by atoms with E-state index in [1.807, 2.05) is 36.5 Å². The number of nitrogens with zero attached hydrogens (tertiary/aromatic N) is 1. The number of hydrogen-bond donors (Lipinski definition) is 3. The minimum atomic E-state index is -0.0858. The molecule has 1 atom stereocenters. The van der Waals surface area contributed by atoms with Crippen LogP contribution in [-0.2, 0) is 0 Å². The van der Waals surface area contributed by atoms with Crippen molar-refractivity contribution in [3.8, 4) is 0 Å². The van der Waals surface area contributed by atoms with E-state index in [2.05, 4.69) is 45.4 Å². The summed E-state index contributed by atoms with van der Waals surface area (Å²) in [5, 5.41) is 5.48. The molecule has 2 aromatic carbocycles. The molecule has 2 heterocycles. The van der Waals surface area contributed by atoms with Gasteiger partial charge >= 0.3 is 0 Å². The molecule has 0 spiro atoms. The molecule has 4 aromatic rings. The van der Waals surface area contributed by atoms with Crippen LogP contribution in [0, 0.1) is 6.92 Å². The number of anilines is 1. The SMILES string of the molecule is Cc1[nH]c2ccccc2c1C(Nc1ccc(Cl)cc1)c1ncc[nH]1. The lowest BCUT2D eigenvalue weighted by Gasteiger charge is -2.19. The number of aromatic amines is 2.